The topological polar surface area (TPSA) is 55.8 Å². The highest BCUT2D eigenvalue weighted by Gasteiger charge is 2.46. The standard InChI is InChI=1S/C17H18O4/c1-20-16(19)15(18)17(21-2,13-9-5-3-6-10-13)14-11-7-4-8-12-14/h3-12,15,18H,1-2H3/t15-/m0/s1. The van der Waals surface area contributed by atoms with Crippen molar-refractivity contribution in [3.8, 4) is 0 Å². The zero-order valence-electron chi connectivity index (χ0n) is 12.0. The van der Waals surface area contributed by atoms with Crippen LogP contribution in [0.25, 0.3) is 0 Å². The van der Waals surface area contributed by atoms with Gasteiger partial charge in [0.15, 0.2) is 11.7 Å². The minimum Gasteiger partial charge on any atom is -0.467 e. The van der Waals surface area contributed by atoms with Crippen LogP contribution in [0.1, 0.15) is 11.1 Å². The zero-order chi connectivity index (χ0) is 15.3. The Morgan fingerprint density at radius 3 is 1.71 bits per heavy atom. The number of rotatable bonds is 5. The van der Waals surface area contributed by atoms with E-state index in [-0.39, 0.29) is 0 Å². The number of hydrogen-bond acceptors (Lipinski definition) is 4. The van der Waals surface area contributed by atoms with E-state index < -0.39 is 17.7 Å². The molecule has 110 valence electrons. The number of carbonyl (C=O) groups excluding carboxylic acids is 1. The molecule has 2 aromatic carbocycles. The summed E-state index contributed by atoms with van der Waals surface area (Å²) in [6.07, 6.45) is -1.47. The van der Waals surface area contributed by atoms with Gasteiger partial charge in [-0.15, -0.1) is 0 Å². The highest BCUT2D eigenvalue weighted by Crippen LogP contribution is 2.37. The number of hydrogen-bond donors (Lipinski definition) is 1. The fraction of sp³-hybridized carbons (Fsp3) is 0.235. The first-order valence-corrected chi connectivity index (χ1v) is 6.59. The third-order valence-electron chi connectivity index (χ3n) is 3.54. The van der Waals surface area contributed by atoms with E-state index in [1.165, 1.54) is 14.2 Å². The van der Waals surface area contributed by atoms with Crippen molar-refractivity contribution in [2.75, 3.05) is 14.2 Å². The molecule has 0 radical (unpaired) electrons. The molecule has 1 N–H and O–H groups in total. The minimum atomic E-state index is -1.47. The molecule has 0 fully saturated rings. The molecular weight excluding hydrogens is 268 g/mol. The number of ether oxygens (including phenoxy) is 2. The predicted molar refractivity (Wildman–Crippen MR) is 78.7 cm³/mol. The summed E-state index contributed by atoms with van der Waals surface area (Å²) in [5.74, 6) is -0.746. The maximum atomic E-state index is 11.9. The Morgan fingerprint density at radius 2 is 1.38 bits per heavy atom. The van der Waals surface area contributed by atoms with Gasteiger partial charge in [0.2, 0.25) is 0 Å². The van der Waals surface area contributed by atoms with Crippen LogP contribution in [0.2, 0.25) is 0 Å². The lowest BCUT2D eigenvalue weighted by molar-refractivity contribution is -0.167. The summed E-state index contributed by atoms with van der Waals surface area (Å²) in [4.78, 5) is 11.9. The molecule has 0 amide bonds. The first kappa shape index (κ1) is 15.2. The quantitative estimate of drug-likeness (QED) is 0.855. The van der Waals surface area contributed by atoms with Gasteiger partial charge in [0.1, 0.15) is 0 Å². The lowest BCUT2D eigenvalue weighted by Gasteiger charge is -2.36. The Morgan fingerprint density at radius 1 is 0.952 bits per heavy atom. The average Bonchev–Trinajstić information content (AvgIpc) is 2.57. The second kappa shape index (κ2) is 6.52. The summed E-state index contributed by atoms with van der Waals surface area (Å²) < 4.78 is 10.3. The van der Waals surface area contributed by atoms with Crippen molar-refractivity contribution in [3.63, 3.8) is 0 Å². The summed E-state index contributed by atoms with van der Waals surface area (Å²) in [5, 5.41) is 10.5. The van der Waals surface area contributed by atoms with Crippen LogP contribution < -0.4 is 0 Å². The van der Waals surface area contributed by atoms with Crippen molar-refractivity contribution in [1.29, 1.82) is 0 Å². The fourth-order valence-electron chi connectivity index (χ4n) is 2.48. The molecule has 0 aliphatic rings. The van der Waals surface area contributed by atoms with Crippen LogP contribution in [0.15, 0.2) is 60.7 Å². The third kappa shape index (κ3) is 2.68. The van der Waals surface area contributed by atoms with E-state index in [2.05, 4.69) is 0 Å². The van der Waals surface area contributed by atoms with Gasteiger partial charge in [-0.1, -0.05) is 60.7 Å². The number of aliphatic hydroxyl groups is 1. The molecule has 0 saturated heterocycles. The van der Waals surface area contributed by atoms with E-state index >= 15 is 0 Å². The molecule has 0 heterocycles. The summed E-state index contributed by atoms with van der Waals surface area (Å²) >= 11 is 0. The SMILES string of the molecule is COC(=O)[C@H](O)C(OC)(c1ccccc1)c1ccccc1. The predicted octanol–water partition coefficient (Wildman–Crippen LogP) is 2.11. The van der Waals surface area contributed by atoms with Gasteiger partial charge in [0.05, 0.1) is 7.11 Å². The maximum absolute atomic E-state index is 11.9. The molecule has 2 rings (SSSR count). The number of carbonyl (C=O) groups is 1. The first-order valence-electron chi connectivity index (χ1n) is 6.59. The average molecular weight is 286 g/mol. The van der Waals surface area contributed by atoms with E-state index in [0.717, 1.165) is 0 Å². The number of esters is 1. The molecule has 21 heavy (non-hydrogen) atoms. The molecule has 4 nitrogen and oxygen atoms in total. The molecular formula is C17H18O4. The van der Waals surface area contributed by atoms with Crippen LogP contribution in [-0.4, -0.2) is 31.4 Å². The van der Waals surface area contributed by atoms with Crippen molar-refractivity contribution < 1.29 is 19.4 Å². The van der Waals surface area contributed by atoms with Crippen LogP contribution in [0, 0.1) is 0 Å². The molecule has 2 aromatic rings. The van der Waals surface area contributed by atoms with Crippen LogP contribution in [-0.2, 0) is 19.9 Å². The first-order chi connectivity index (χ1) is 10.2. The summed E-state index contributed by atoms with van der Waals surface area (Å²) in [7, 11) is 2.70. The lowest BCUT2D eigenvalue weighted by Crippen LogP contribution is -2.47. The minimum absolute atomic E-state index is 0.677. The molecule has 0 bridgehead atoms. The van der Waals surface area contributed by atoms with E-state index in [1.807, 2.05) is 60.7 Å². The normalized spacial score (nSPS) is 12.7. The van der Waals surface area contributed by atoms with Crippen molar-refractivity contribution in [2.24, 2.45) is 0 Å². The van der Waals surface area contributed by atoms with Gasteiger partial charge >= 0.3 is 5.97 Å². The summed E-state index contributed by atoms with van der Waals surface area (Å²) in [6, 6.07) is 18.3. The van der Waals surface area contributed by atoms with Gasteiger partial charge in [-0.05, 0) is 11.1 Å². The summed E-state index contributed by atoms with van der Waals surface area (Å²) in [6.45, 7) is 0. The Balaban J connectivity index is 2.65. The van der Waals surface area contributed by atoms with Gasteiger partial charge in [-0.25, -0.2) is 4.79 Å². The molecule has 0 spiro atoms. The fourth-order valence-corrected chi connectivity index (χ4v) is 2.48. The monoisotopic (exact) mass is 286 g/mol. The smallest absolute Gasteiger partial charge is 0.338 e. The molecule has 0 saturated carbocycles. The van der Waals surface area contributed by atoms with E-state index in [0.29, 0.717) is 11.1 Å². The van der Waals surface area contributed by atoms with Crippen LogP contribution >= 0.6 is 0 Å². The molecule has 0 aliphatic carbocycles. The largest absolute Gasteiger partial charge is 0.467 e. The van der Waals surface area contributed by atoms with Gasteiger partial charge in [-0.2, -0.15) is 0 Å². The molecule has 0 aliphatic heterocycles. The van der Waals surface area contributed by atoms with Crippen molar-refractivity contribution in [3.05, 3.63) is 71.8 Å². The van der Waals surface area contributed by atoms with Gasteiger partial charge in [-0.3, -0.25) is 0 Å². The second-order valence-electron chi connectivity index (χ2n) is 4.60. The van der Waals surface area contributed by atoms with E-state index in [1.54, 1.807) is 0 Å². The second-order valence-corrected chi connectivity index (χ2v) is 4.60. The van der Waals surface area contributed by atoms with E-state index in [9.17, 15) is 9.90 Å². The third-order valence-corrected chi connectivity index (χ3v) is 3.54. The van der Waals surface area contributed by atoms with Gasteiger partial charge in [0.25, 0.3) is 0 Å². The van der Waals surface area contributed by atoms with Crippen LogP contribution in [0.5, 0.6) is 0 Å². The molecule has 0 unspecified atom stereocenters. The van der Waals surface area contributed by atoms with Crippen molar-refractivity contribution in [1.82, 2.24) is 0 Å². The summed E-state index contributed by atoms with van der Waals surface area (Å²) in [5.41, 5.74) is 0.0449. The molecule has 4 heteroatoms. The van der Waals surface area contributed by atoms with Crippen LogP contribution in [0.4, 0.5) is 0 Å². The lowest BCUT2D eigenvalue weighted by atomic mass is 9.81. The Hall–Kier alpha value is -2.17. The number of methoxy groups -OCH3 is 2. The van der Waals surface area contributed by atoms with Gasteiger partial charge < -0.3 is 14.6 Å². The van der Waals surface area contributed by atoms with Crippen molar-refractivity contribution >= 4 is 5.97 Å². The number of aliphatic hydroxyl groups excluding tert-OH is 1. The molecule has 1 atom stereocenters. The Bertz CT molecular complexity index is 541. The highest BCUT2D eigenvalue weighted by atomic mass is 16.6. The van der Waals surface area contributed by atoms with Gasteiger partial charge in [0, 0.05) is 7.11 Å². The van der Waals surface area contributed by atoms with Crippen molar-refractivity contribution in [2.45, 2.75) is 11.7 Å². The van der Waals surface area contributed by atoms with Crippen LogP contribution in [0.3, 0.4) is 0 Å². The Labute approximate surface area is 123 Å². The Kier molecular flexibility index (Phi) is 4.73. The van der Waals surface area contributed by atoms with E-state index in [4.69, 9.17) is 9.47 Å². The maximum Gasteiger partial charge on any atom is 0.338 e. The highest BCUT2D eigenvalue weighted by molar-refractivity contribution is 5.77. The zero-order valence-corrected chi connectivity index (χ0v) is 12.0. The molecule has 0 aromatic heterocycles. The number of benzene rings is 2.